The second-order valence-electron chi connectivity index (χ2n) is 6.59. The minimum absolute atomic E-state index is 0.761. The van der Waals surface area contributed by atoms with Crippen LogP contribution in [0.25, 0.3) is 16.9 Å². The number of rotatable bonds is 3. The fraction of sp³-hybridized carbons (Fsp3) is 0.250. The lowest BCUT2D eigenvalue weighted by Crippen LogP contribution is -2.08. The number of nitrogens with zero attached hydrogens (tertiary/aromatic N) is 3. The van der Waals surface area contributed by atoms with Gasteiger partial charge in [0.25, 0.3) is 0 Å². The van der Waals surface area contributed by atoms with Crippen molar-refractivity contribution in [1.82, 2.24) is 9.78 Å². The van der Waals surface area contributed by atoms with Gasteiger partial charge in [0, 0.05) is 42.5 Å². The highest BCUT2D eigenvalue weighted by atomic mass is 35.5. The molecule has 0 atom stereocenters. The van der Waals surface area contributed by atoms with Crippen LogP contribution in [0.4, 0.5) is 11.5 Å². The van der Waals surface area contributed by atoms with Crippen LogP contribution in [-0.4, -0.2) is 30.4 Å². The van der Waals surface area contributed by atoms with Gasteiger partial charge in [-0.15, -0.1) is 0 Å². The van der Waals surface area contributed by atoms with E-state index >= 15 is 0 Å². The summed E-state index contributed by atoms with van der Waals surface area (Å²) in [5.74, 6) is 1.08. The summed E-state index contributed by atoms with van der Waals surface area (Å²) in [6, 6.07) is 14.5. The molecule has 0 radical (unpaired) electrons. The lowest BCUT2D eigenvalue weighted by Gasteiger charge is -2.12. The zero-order valence-corrected chi connectivity index (χ0v) is 15.4. The summed E-state index contributed by atoms with van der Waals surface area (Å²) >= 11 is 6.32. The third-order valence-electron chi connectivity index (χ3n) is 4.78. The van der Waals surface area contributed by atoms with Crippen molar-refractivity contribution in [1.29, 1.82) is 0 Å². The molecule has 1 aliphatic rings. The average molecular weight is 353 g/mol. The molecule has 3 aromatic rings. The first-order chi connectivity index (χ1) is 12.1. The molecule has 0 fully saturated rings. The summed E-state index contributed by atoms with van der Waals surface area (Å²) in [6.07, 6.45) is 0.986. The highest BCUT2D eigenvalue weighted by Gasteiger charge is 2.24. The quantitative estimate of drug-likeness (QED) is 0.751. The van der Waals surface area contributed by atoms with Crippen LogP contribution in [-0.2, 0) is 6.42 Å². The summed E-state index contributed by atoms with van der Waals surface area (Å²) in [7, 11) is 4.10. The van der Waals surface area contributed by atoms with E-state index in [0.29, 0.717) is 0 Å². The van der Waals surface area contributed by atoms with Gasteiger partial charge in [-0.1, -0.05) is 29.8 Å². The largest absolute Gasteiger partial charge is 0.378 e. The van der Waals surface area contributed by atoms with Gasteiger partial charge in [0.2, 0.25) is 0 Å². The number of fused-ring (bicyclic) bond motifs is 1. The van der Waals surface area contributed by atoms with Crippen LogP contribution >= 0.6 is 11.6 Å². The molecule has 0 saturated carbocycles. The first kappa shape index (κ1) is 16.0. The molecule has 4 nitrogen and oxygen atoms in total. The molecule has 2 heterocycles. The van der Waals surface area contributed by atoms with Crippen molar-refractivity contribution in [2.24, 2.45) is 0 Å². The smallest absolute Gasteiger partial charge is 0.133 e. The molecule has 0 aliphatic carbocycles. The van der Waals surface area contributed by atoms with Crippen LogP contribution in [0.15, 0.2) is 42.5 Å². The van der Waals surface area contributed by atoms with Gasteiger partial charge in [-0.05, 0) is 43.2 Å². The molecule has 25 heavy (non-hydrogen) atoms. The Morgan fingerprint density at radius 3 is 2.60 bits per heavy atom. The molecular weight excluding hydrogens is 332 g/mol. The van der Waals surface area contributed by atoms with Crippen molar-refractivity contribution in [3.8, 4) is 16.9 Å². The molecule has 0 saturated heterocycles. The molecule has 0 unspecified atom stereocenters. The fourth-order valence-electron chi connectivity index (χ4n) is 3.32. The van der Waals surface area contributed by atoms with E-state index in [1.54, 1.807) is 0 Å². The Balaban J connectivity index is 1.84. The number of halogens is 1. The standard InChI is InChI=1S/C20H21ClN4/c1-13-17(21)5-4-6-18(13)25-20-16(11-12-22-20)19(23-25)14-7-9-15(10-8-14)24(2)3/h4-10,22H,11-12H2,1-3H3. The fourth-order valence-corrected chi connectivity index (χ4v) is 3.49. The molecular formula is C20H21ClN4. The van der Waals surface area contributed by atoms with E-state index in [0.717, 1.165) is 46.3 Å². The van der Waals surface area contributed by atoms with Gasteiger partial charge >= 0.3 is 0 Å². The summed E-state index contributed by atoms with van der Waals surface area (Å²) in [6.45, 7) is 2.97. The zero-order chi connectivity index (χ0) is 17.6. The van der Waals surface area contributed by atoms with Gasteiger partial charge in [-0.25, -0.2) is 4.68 Å². The Bertz CT molecular complexity index is 926. The maximum absolute atomic E-state index is 6.32. The number of hydrogen-bond acceptors (Lipinski definition) is 3. The average Bonchev–Trinajstić information content (AvgIpc) is 3.20. The lowest BCUT2D eigenvalue weighted by atomic mass is 10.1. The Morgan fingerprint density at radius 1 is 1.12 bits per heavy atom. The first-order valence-corrected chi connectivity index (χ1v) is 8.83. The SMILES string of the molecule is Cc1c(Cl)cccc1-n1nc(-c2ccc(N(C)C)cc2)c2c1NCC2. The highest BCUT2D eigenvalue weighted by molar-refractivity contribution is 6.31. The molecule has 0 bridgehead atoms. The van der Waals surface area contributed by atoms with Crippen LogP contribution in [0.5, 0.6) is 0 Å². The predicted molar refractivity (Wildman–Crippen MR) is 105 cm³/mol. The number of aromatic nitrogens is 2. The van der Waals surface area contributed by atoms with Crippen LogP contribution in [0, 0.1) is 6.92 Å². The Hall–Kier alpha value is -2.46. The second kappa shape index (κ2) is 6.12. The minimum atomic E-state index is 0.761. The Kier molecular flexibility index (Phi) is 3.92. The molecule has 1 N–H and O–H groups in total. The number of benzene rings is 2. The van der Waals surface area contributed by atoms with E-state index in [1.807, 2.05) is 37.8 Å². The topological polar surface area (TPSA) is 33.1 Å². The Morgan fingerprint density at radius 2 is 1.88 bits per heavy atom. The normalized spacial score (nSPS) is 12.8. The second-order valence-corrected chi connectivity index (χ2v) is 7.00. The van der Waals surface area contributed by atoms with E-state index in [9.17, 15) is 0 Å². The molecule has 2 aromatic carbocycles. The van der Waals surface area contributed by atoms with E-state index in [4.69, 9.17) is 16.7 Å². The van der Waals surface area contributed by atoms with Crippen molar-refractivity contribution in [3.63, 3.8) is 0 Å². The van der Waals surface area contributed by atoms with Crippen LogP contribution in [0.1, 0.15) is 11.1 Å². The van der Waals surface area contributed by atoms with Gasteiger partial charge in [0.05, 0.1) is 11.4 Å². The van der Waals surface area contributed by atoms with Gasteiger partial charge in [0.15, 0.2) is 0 Å². The Labute approximate surface area is 153 Å². The summed E-state index contributed by atoms with van der Waals surface area (Å²) < 4.78 is 2.00. The molecule has 1 aromatic heterocycles. The first-order valence-electron chi connectivity index (χ1n) is 8.45. The van der Waals surface area contributed by atoms with Crippen molar-refractivity contribution in [3.05, 3.63) is 58.6 Å². The summed E-state index contributed by atoms with van der Waals surface area (Å²) in [5.41, 5.74) is 6.71. The third kappa shape index (κ3) is 2.67. The van der Waals surface area contributed by atoms with Gasteiger partial charge in [0.1, 0.15) is 5.82 Å². The van der Waals surface area contributed by atoms with Crippen molar-refractivity contribution in [2.75, 3.05) is 30.9 Å². The number of nitrogens with one attached hydrogen (secondary N) is 1. The number of anilines is 2. The van der Waals surface area contributed by atoms with Crippen molar-refractivity contribution in [2.45, 2.75) is 13.3 Å². The molecule has 5 heteroatoms. The predicted octanol–water partition coefficient (Wildman–Crippen LogP) is 4.54. The molecule has 0 spiro atoms. The van der Waals surface area contributed by atoms with Gasteiger partial charge in [-0.2, -0.15) is 5.10 Å². The van der Waals surface area contributed by atoms with Crippen molar-refractivity contribution >= 4 is 23.1 Å². The lowest BCUT2D eigenvalue weighted by molar-refractivity contribution is 0.875. The summed E-state index contributed by atoms with van der Waals surface area (Å²) in [5, 5.41) is 9.17. The van der Waals surface area contributed by atoms with Gasteiger partial charge < -0.3 is 10.2 Å². The van der Waals surface area contributed by atoms with Crippen LogP contribution < -0.4 is 10.2 Å². The maximum Gasteiger partial charge on any atom is 0.133 e. The van der Waals surface area contributed by atoms with Gasteiger partial charge in [-0.3, -0.25) is 0 Å². The minimum Gasteiger partial charge on any atom is -0.378 e. The van der Waals surface area contributed by atoms with E-state index < -0.39 is 0 Å². The van der Waals surface area contributed by atoms with Crippen molar-refractivity contribution < 1.29 is 0 Å². The third-order valence-corrected chi connectivity index (χ3v) is 5.18. The van der Waals surface area contributed by atoms with E-state index in [-0.39, 0.29) is 0 Å². The summed E-state index contributed by atoms with van der Waals surface area (Å²) in [4.78, 5) is 2.10. The molecule has 0 amide bonds. The van der Waals surface area contributed by atoms with Crippen LogP contribution in [0.2, 0.25) is 5.02 Å². The molecule has 1 aliphatic heterocycles. The molecule has 128 valence electrons. The zero-order valence-electron chi connectivity index (χ0n) is 14.7. The highest BCUT2D eigenvalue weighted by Crippen LogP contribution is 2.36. The van der Waals surface area contributed by atoms with E-state index in [1.165, 1.54) is 11.3 Å². The molecule has 4 rings (SSSR count). The maximum atomic E-state index is 6.32. The monoisotopic (exact) mass is 352 g/mol. The number of hydrogen-bond donors (Lipinski definition) is 1. The van der Waals surface area contributed by atoms with E-state index in [2.05, 4.69) is 40.5 Å². The van der Waals surface area contributed by atoms with Crippen LogP contribution in [0.3, 0.4) is 0 Å².